The number of nitrogens with two attached hydrogens (primary N) is 1. The highest BCUT2D eigenvalue weighted by atomic mass is 16.5. The minimum Gasteiger partial charge on any atom is -0.480 e. The second-order valence-electron chi connectivity index (χ2n) is 4.54. The summed E-state index contributed by atoms with van der Waals surface area (Å²) in [5.74, 6) is -1.85. The lowest BCUT2D eigenvalue weighted by Gasteiger charge is -2.35. The molecule has 1 aliphatic heterocycles. The molecule has 1 atom stereocenters. The number of aliphatic carboxylic acids is 1. The average Bonchev–Trinajstić information content (AvgIpc) is 2.28. The number of morpholine rings is 1. The Morgan fingerprint density at radius 2 is 2.06 bits per heavy atom. The Bertz CT molecular complexity index is 369. The summed E-state index contributed by atoms with van der Waals surface area (Å²) in [6, 6.07) is -1.70. The third-order valence-corrected chi connectivity index (χ3v) is 2.71. The van der Waals surface area contributed by atoms with E-state index in [1.807, 2.05) is 0 Å². The number of nitrogens with zero attached hydrogens (tertiary/aromatic N) is 1. The summed E-state index contributed by atoms with van der Waals surface area (Å²) < 4.78 is 5.01. The first-order valence-electron chi connectivity index (χ1n) is 5.45. The first kappa shape index (κ1) is 14.2. The number of carboxylic acid groups (broad SMARTS) is 1. The largest absolute Gasteiger partial charge is 0.480 e. The topological polar surface area (TPSA) is 122 Å². The van der Waals surface area contributed by atoms with Crippen LogP contribution in [0.25, 0.3) is 0 Å². The van der Waals surface area contributed by atoms with E-state index >= 15 is 0 Å². The van der Waals surface area contributed by atoms with Crippen molar-refractivity contribution in [2.45, 2.75) is 25.4 Å². The highest BCUT2D eigenvalue weighted by Gasteiger charge is 2.36. The molecule has 0 aromatic carbocycles. The quantitative estimate of drug-likeness (QED) is 0.584. The molecule has 18 heavy (non-hydrogen) atoms. The second-order valence-corrected chi connectivity index (χ2v) is 4.54. The van der Waals surface area contributed by atoms with Gasteiger partial charge in [-0.15, -0.1) is 0 Å². The summed E-state index contributed by atoms with van der Waals surface area (Å²) in [5.41, 5.74) is 3.89. The number of nitrogens with one attached hydrogen (secondary N) is 1. The van der Waals surface area contributed by atoms with Crippen LogP contribution in [0.1, 0.15) is 13.8 Å². The van der Waals surface area contributed by atoms with Gasteiger partial charge in [-0.25, -0.2) is 9.59 Å². The molecule has 1 unspecified atom stereocenters. The Hall–Kier alpha value is -1.83. The predicted octanol–water partition coefficient (Wildman–Crippen LogP) is -1.25. The molecule has 0 aliphatic carbocycles. The Balaban J connectivity index is 2.75. The van der Waals surface area contributed by atoms with Gasteiger partial charge in [0.25, 0.3) is 0 Å². The molecule has 1 saturated heterocycles. The van der Waals surface area contributed by atoms with E-state index in [0.29, 0.717) is 0 Å². The summed E-state index contributed by atoms with van der Waals surface area (Å²) in [4.78, 5) is 35.1. The van der Waals surface area contributed by atoms with Crippen LogP contribution in [0.3, 0.4) is 0 Å². The molecule has 0 saturated carbocycles. The first-order valence-corrected chi connectivity index (χ1v) is 5.45. The standard InChI is InChI=1S/C10H17N3O5/c1-10(2,8(11)16)12-9(17)13-3-4-18-5-6(13)7(14)15/h6H,3-5H2,1-2H3,(H2,11,16)(H,12,17)(H,14,15). The van der Waals surface area contributed by atoms with Crippen LogP contribution in [0.4, 0.5) is 4.79 Å². The summed E-state index contributed by atoms with van der Waals surface area (Å²) in [5, 5.41) is 11.4. The number of primary amides is 1. The van der Waals surface area contributed by atoms with E-state index in [1.54, 1.807) is 0 Å². The second kappa shape index (κ2) is 5.21. The fourth-order valence-corrected chi connectivity index (χ4v) is 1.45. The number of ether oxygens (including phenoxy) is 1. The van der Waals surface area contributed by atoms with Crippen LogP contribution in [0.5, 0.6) is 0 Å². The van der Waals surface area contributed by atoms with Crippen molar-refractivity contribution < 1.29 is 24.2 Å². The SMILES string of the molecule is CC(C)(NC(=O)N1CCOCC1C(=O)O)C(N)=O. The van der Waals surface area contributed by atoms with Crippen molar-refractivity contribution in [3.8, 4) is 0 Å². The average molecular weight is 259 g/mol. The highest BCUT2D eigenvalue weighted by Crippen LogP contribution is 2.10. The molecule has 0 radical (unpaired) electrons. The Kier molecular flexibility index (Phi) is 4.12. The Labute approximate surface area is 104 Å². The Morgan fingerprint density at radius 1 is 1.44 bits per heavy atom. The molecule has 0 spiro atoms. The third-order valence-electron chi connectivity index (χ3n) is 2.71. The number of rotatable bonds is 3. The molecule has 0 bridgehead atoms. The van der Waals surface area contributed by atoms with E-state index < -0.39 is 29.5 Å². The van der Waals surface area contributed by atoms with Crippen LogP contribution in [-0.4, -0.2) is 59.3 Å². The van der Waals surface area contributed by atoms with Gasteiger partial charge in [0.05, 0.1) is 13.2 Å². The molecular formula is C10H17N3O5. The molecule has 8 heteroatoms. The van der Waals surface area contributed by atoms with Crippen molar-refractivity contribution in [3.63, 3.8) is 0 Å². The van der Waals surface area contributed by atoms with Gasteiger partial charge in [-0.05, 0) is 13.8 Å². The molecule has 1 rings (SSSR count). The van der Waals surface area contributed by atoms with Crippen molar-refractivity contribution in [2.24, 2.45) is 5.73 Å². The van der Waals surface area contributed by atoms with Gasteiger partial charge in [0, 0.05) is 6.54 Å². The van der Waals surface area contributed by atoms with Crippen LogP contribution in [-0.2, 0) is 14.3 Å². The van der Waals surface area contributed by atoms with Crippen LogP contribution in [0.15, 0.2) is 0 Å². The van der Waals surface area contributed by atoms with E-state index in [0.717, 1.165) is 4.90 Å². The van der Waals surface area contributed by atoms with Gasteiger partial charge in [-0.1, -0.05) is 0 Å². The molecule has 8 nitrogen and oxygen atoms in total. The zero-order valence-corrected chi connectivity index (χ0v) is 10.3. The molecule has 1 aliphatic rings. The van der Waals surface area contributed by atoms with E-state index in [4.69, 9.17) is 15.6 Å². The van der Waals surface area contributed by atoms with Gasteiger partial charge in [0.2, 0.25) is 5.91 Å². The highest BCUT2D eigenvalue weighted by molar-refractivity contribution is 5.90. The van der Waals surface area contributed by atoms with Crippen LogP contribution >= 0.6 is 0 Å². The van der Waals surface area contributed by atoms with E-state index in [9.17, 15) is 14.4 Å². The smallest absolute Gasteiger partial charge is 0.328 e. The fraction of sp³-hybridized carbons (Fsp3) is 0.700. The number of carboxylic acids is 1. The van der Waals surface area contributed by atoms with Crippen LogP contribution in [0.2, 0.25) is 0 Å². The fourth-order valence-electron chi connectivity index (χ4n) is 1.45. The zero-order valence-electron chi connectivity index (χ0n) is 10.3. The number of hydrogen-bond acceptors (Lipinski definition) is 4. The molecular weight excluding hydrogens is 242 g/mol. The van der Waals surface area contributed by atoms with Gasteiger partial charge in [0.1, 0.15) is 5.54 Å². The molecule has 1 heterocycles. The van der Waals surface area contributed by atoms with Gasteiger partial charge < -0.3 is 25.8 Å². The van der Waals surface area contributed by atoms with Crippen molar-refractivity contribution >= 4 is 17.9 Å². The monoisotopic (exact) mass is 259 g/mol. The van der Waals surface area contributed by atoms with Gasteiger partial charge in [-0.3, -0.25) is 4.79 Å². The molecule has 3 amide bonds. The predicted molar refractivity (Wildman–Crippen MR) is 60.8 cm³/mol. The number of urea groups is 1. The Morgan fingerprint density at radius 3 is 2.56 bits per heavy atom. The van der Waals surface area contributed by atoms with Gasteiger partial charge in [0.15, 0.2) is 6.04 Å². The summed E-state index contributed by atoms with van der Waals surface area (Å²) in [7, 11) is 0. The molecule has 4 N–H and O–H groups in total. The minimum absolute atomic E-state index is 0.0697. The van der Waals surface area contributed by atoms with Crippen molar-refractivity contribution in [1.82, 2.24) is 10.2 Å². The summed E-state index contributed by atoms with van der Waals surface area (Å²) in [6.45, 7) is 3.23. The summed E-state index contributed by atoms with van der Waals surface area (Å²) in [6.07, 6.45) is 0. The normalized spacial score (nSPS) is 20.3. The van der Waals surface area contributed by atoms with E-state index in [2.05, 4.69) is 5.32 Å². The lowest BCUT2D eigenvalue weighted by molar-refractivity contribution is -0.147. The zero-order chi connectivity index (χ0) is 13.9. The van der Waals surface area contributed by atoms with E-state index in [-0.39, 0.29) is 19.8 Å². The van der Waals surface area contributed by atoms with Crippen molar-refractivity contribution in [2.75, 3.05) is 19.8 Å². The maximum atomic E-state index is 11.9. The lowest BCUT2D eigenvalue weighted by Crippen LogP contribution is -2.61. The van der Waals surface area contributed by atoms with Gasteiger partial charge >= 0.3 is 12.0 Å². The third kappa shape index (κ3) is 3.10. The van der Waals surface area contributed by atoms with Gasteiger partial charge in [-0.2, -0.15) is 0 Å². The summed E-state index contributed by atoms with van der Waals surface area (Å²) >= 11 is 0. The number of carbonyl (C=O) groups excluding carboxylic acids is 2. The lowest BCUT2D eigenvalue weighted by atomic mass is 10.1. The number of carbonyl (C=O) groups is 3. The van der Waals surface area contributed by atoms with Crippen molar-refractivity contribution in [3.05, 3.63) is 0 Å². The molecule has 1 fully saturated rings. The van der Waals surface area contributed by atoms with Crippen molar-refractivity contribution in [1.29, 1.82) is 0 Å². The first-order chi connectivity index (χ1) is 8.25. The maximum Gasteiger partial charge on any atom is 0.328 e. The van der Waals surface area contributed by atoms with Crippen LogP contribution < -0.4 is 11.1 Å². The number of amides is 3. The number of hydrogen-bond donors (Lipinski definition) is 3. The molecule has 0 aromatic rings. The van der Waals surface area contributed by atoms with Crippen LogP contribution in [0, 0.1) is 0 Å². The maximum absolute atomic E-state index is 11.9. The molecule has 102 valence electrons. The molecule has 0 aromatic heterocycles. The van der Waals surface area contributed by atoms with E-state index in [1.165, 1.54) is 13.8 Å². The minimum atomic E-state index is -1.24.